The average molecular weight is 156 g/mol. The van der Waals surface area contributed by atoms with Crippen molar-refractivity contribution < 1.29 is 16.4 Å². The van der Waals surface area contributed by atoms with Crippen molar-refractivity contribution in [3.05, 3.63) is 0 Å². The fourth-order valence-electron chi connectivity index (χ4n) is 0.681. The Morgan fingerprint density at radius 2 is 1.50 bits per heavy atom. The molecule has 0 bridgehead atoms. The number of hydrogen-bond acceptors (Lipinski definition) is 2. The van der Waals surface area contributed by atoms with Gasteiger partial charge in [0.15, 0.2) is 0 Å². The Bertz CT molecular complexity index is 288. The van der Waals surface area contributed by atoms with Gasteiger partial charge in [-0.25, -0.2) is 0 Å². The van der Waals surface area contributed by atoms with Gasteiger partial charge in [0.2, 0.25) is 0 Å². The minimum Gasteiger partial charge on any atom is -0.309 e. The maximum absolute atomic E-state index is 7.23. The van der Waals surface area contributed by atoms with Crippen LogP contribution in [-0.2, 0) is 0 Å². The van der Waals surface area contributed by atoms with Crippen LogP contribution in [0.3, 0.4) is 0 Å². The minimum atomic E-state index is -2.90. The van der Waals surface area contributed by atoms with Crippen LogP contribution in [0.5, 0.6) is 0 Å². The van der Waals surface area contributed by atoms with E-state index in [9.17, 15) is 0 Å². The highest BCUT2D eigenvalue weighted by Gasteiger charge is 2.03. The first-order valence-corrected chi connectivity index (χ1v) is 2.92. The number of rotatable bonds is 4. The molecule has 0 heterocycles. The standard InChI is InChI=1S/C8H20N2/c1-8(6-9(2)3)7-10(4)5/h8H,6-7H2,1-5H3/i2D3,3D3,4D3,5D3. The van der Waals surface area contributed by atoms with Crippen LogP contribution in [0.2, 0.25) is 0 Å². The van der Waals surface area contributed by atoms with Gasteiger partial charge in [-0.2, -0.15) is 0 Å². The van der Waals surface area contributed by atoms with Crippen LogP contribution >= 0.6 is 0 Å². The van der Waals surface area contributed by atoms with Gasteiger partial charge in [0.25, 0.3) is 0 Å². The van der Waals surface area contributed by atoms with E-state index in [4.69, 9.17) is 16.4 Å². The van der Waals surface area contributed by atoms with Crippen molar-refractivity contribution in [3.8, 4) is 0 Å². The molecule has 2 heteroatoms. The molecule has 0 fully saturated rings. The van der Waals surface area contributed by atoms with Gasteiger partial charge in [-0.3, -0.25) is 0 Å². The lowest BCUT2D eigenvalue weighted by Gasteiger charge is -2.20. The molecule has 62 valence electrons. The third-order valence-electron chi connectivity index (χ3n) is 0.988. The summed E-state index contributed by atoms with van der Waals surface area (Å²) in [5, 5.41) is 0. The summed E-state index contributed by atoms with van der Waals surface area (Å²) in [6.07, 6.45) is 0. The van der Waals surface area contributed by atoms with Crippen molar-refractivity contribution in [1.82, 2.24) is 9.80 Å². The molecule has 0 atom stereocenters. The van der Waals surface area contributed by atoms with Crippen molar-refractivity contribution in [2.24, 2.45) is 5.92 Å². The molecule has 10 heavy (non-hydrogen) atoms. The molecule has 0 aromatic rings. The molecule has 0 rings (SSSR count). The smallest absolute Gasteiger partial charge is 0.0394 e. The fraction of sp³-hybridized carbons (Fsp3) is 1.00. The van der Waals surface area contributed by atoms with Crippen molar-refractivity contribution in [3.63, 3.8) is 0 Å². The molecule has 0 aromatic carbocycles. The van der Waals surface area contributed by atoms with Crippen LogP contribution in [0.25, 0.3) is 0 Å². The molecule has 0 saturated carbocycles. The maximum Gasteiger partial charge on any atom is 0.0394 e. The molecule has 0 spiro atoms. The van der Waals surface area contributed by atoms with Crippen molar-refractivity contribution >= 4 is 0 Å². The molecule has 0 aliphatic heterocycles. The SMILES string of the molecule is [2H]C([2H])([2H])N(CC(C)CN(C([2H])([2H])[2H])C([2H])([2H])[2H])C([2H])([2H])[2H]. The van der Waals surface area contributed by atoms with Crippen molar-refractivity contribution in [1.29, 1.82) is 0 Å². The zero-order chi connectivity index (χ0) is 18.1. The highest BCUT2D eigenvalue weighted by molar-refractivity contribution is 4.58. The van der Waals surface area contributed by atoms with E-state index >= 15 is 0 Å². The second-order valence-corrected chi connectivity index (χ2v) is 2.33. The Balaban J connectivity index is 5.15. The Labute approximate surface area is 81.7 Å². The van der Waals surface area contributed by atoms with E-state index in [1.54, 1.807) is 0 Å². The van der Waals surface area contributed by atoms with Gasteiger partial charge < -0.3 is 9.80 Å². The van der Waals surface area contributed by atoms with Gasteiger partial charge in [0.1, 0.15) is 0 Å². The van der Waals surface area contributed by atoms with Crippen molar-refractivity contribution in [2.45, 2.75) is 6.92 Å². The Hall–Kier alpha value is -0.0800. The van der Waals surface area contributed by atoms with E-state index in [0.717, 1.165) is 0 Å². The third-order valence-corrected chi connectivity index (χ3v) is 0.988. The van der Waals surface area contributed by atoms with E-state index in [2.05, 4.69) is 0 Å². The van der Waals surface area contributed by atoms with Gasteiger partial charge in [0.05, 0.1) is 0 Å². The normalized spacial score (nSPS) is 34.8. The Morgan fingerprint density at radius 3 is 1.80 bits per heavy atom. The summed E-state index contributed by atoms with van der Waals surface area (Å²) < 4.78 is 86.8. The molecular formula is C8H20N2. The highest BCUT2D eigenvalue weighted by Crippen LogP contribution is 1.96. The molecule has 0 N–H and O–H groups in total. The highest BCUT2D eigenvalue weighted by atomic mass is 15.1. The van der Waals surface area contributed by atoms with E-state index in [-0.39, 0.29) is 9.80 Å². The van der Waals surface area contributed by atoms with E-state index in [1.165, 1.54) is 6.92 Å². The largest absolute Gasteiger partial charge is 0.309 e. The topological polar surface area (TPSA) is 6.48 Å². The molecule has 0 amide bonds. The van der Waals surface area contributed by atoms with E-state index < -0.39 is 46.9 Å². The second-order valence-electron chi connectivity index (χ2n) is 2.33. The lowest BCUT2D eigenvalue weighted by molar-refractivity contribution is 0.273. The molecule has 0 aromatic heterocycles. The summed E-state index contributed by atoms with van der Waals surface area (Å²) in [5.74, 6) is -0.804. The Kier molecular flexibility index (Phi) is 0.846. The van der Waals surface area contributed by atoms with Gasteiger partial charge in [-0.05, 0) is 33.8 Å². The summed E-state index contributed by atoms with van der Waals surface area (Å²) in [7, 11) is 0. The Morgan fingerprint density at radius 1 is 1.10 bits per heavy atom. The van der Waals surface area contributed by atoms with Crippen LogP contribution in [0.1, 0.15) is 23.4 Å². The lowest BCUT2D eigenvalue weighted by Crippen LogP contribution is -2.28. The molecule has 0 radical (unpaired) electrons. The molecule has 0 aliphatic carbocycles. The monoisotopic (exact) mass is 156 g/mol. The first kappa shape index (κ1) is 1.80. The third kappa shape index (κ3) is 6.05. The number of hydrogen-bond donors (Lipinski definition) is 0. The zero-order valence-electron chi connectivity index (χ0n) is 17.9. The van der Waals surface area contributed by atoms with Crippen molar-refractivity contribution in [2.75, 3.05) is 41.0 Å². The minimum absolute atomic E-state index is 0.280. The van der Waals surface area contributed by atoms with Gasteiger partial charge in [-0.1, -0.05) is 6.92 Å². The van der Waals surface area contributed by atoms with Gasteiger partial charge in [-0.15, -0.1) is 0 Å². The predicted molar refractivity (Wildman–Crippen MR) is 46.3 cm³/mol. The van der Waals surface area contributed by atoms with Crippen LogP contribution in [0.4, 0.5) is 0 Å². The van der Waals surface area contributed by atoms with Gasteiger partial charge in [0, 0.05) is 29.5 Å². The quantitative estimate of drug-likeness (QED) is 0.592. The van der Waals surface area contributed by atoms with E-state index in [1.807, 2.05) is 0 Å². The van der Waals surface area contributed by atoms with Crippen LogP contribution in [0.15, 0.2) is 0 Å². The predicted octanol–water partition coefficient (Wildman–Crippen LogP) is 0.746. The molecular weight excluding hydrogens is 124 g/mol. The number of nitrogens with zero attached hydrogens (tertiary/aromatic N) is 2. The van der Waals surface area contributed by atoms with Crippen LogP contribution in [0, 0.1) is 5.92 Å². The first-order chi connectivity index (χ1) is 9.37. The van der Waals surface area contributed by atoms with Crippen LogP contribution < -0.4 is 0 Å². The fourth-order valence-corrected chi connectivity index (χ4v) is 0.681. The van der Waals surface area contributed by atoms with Crippen LogP contribution in [-0.4, -0.2) is 50.8 Å². The molecule has 2 nitrogen and oxygen atoms in total. The molecule has 0 unspecified atom stereocenters. The molecule has 0 saturated heterocycles. The average Bonchev–Trinajstić information content (AvgIpc) is 2.15. The first-order valence-electron chi connectivity index (χ1n) is 8.92. The molecule has 0 aliphatic rings. The lowest BCUT2D eigenvalue weighted by atomic mass is 10.1. The maximum atomic E-state index is 7.23. The van der Waals surface area contributed by atoms with Gasteiger partial charge >= 0.3 is 0 Å². The second kappa shape index (κ2) is 4.69. The summed E-state index contributed by atoms with van der Waals surface area (Å²) in [6, 6.07) is 0. The van der Waals surface area contributed by atoms with E-state index in [0.29, 0.717) is 0 Å². The zero-order valence-corrected chi connectivity index (χ0v) is 5.89. The summed E-state index contributed by atoms with van der Waals surface area (Å²) in [4.78, 5) is 0.559. The summed E-state index contributed by atoms with van der Waals surface area (Å²) in [6.45, 7) is -11.2. The summed E-state index contributed by atoms with van der Waals surface area (Å²) in [5.41, 5.74) is 0. The summed E-state index contributed by atoms with van der Waals surface area (Å²) >= 11 is 0.